The van der Waals surface area contributed by atoms with Crippen molar-refractivity contribution in [3.05, 3.63) is 46.2 Å². The van der Waals surface area contributed by atoms with Gasteiger partial charge in [-0.05, 0) is 37.1 Å². The first-order valence-corrected chi connectivity index (χ1v) is 7.36. The zero-order chi connectivity index (χ0) is 15.0. The zero-order valence-corrected chi connectivity index (χ0v) is 12.7. The lowest BCUT2D eigenvalue weighted by atomic mass is 10.2. The van der Waals surface area contributed by atoms with E-state index in [4.69, 9.17) is 11.0 Å². The van der Waals surface area contributed by atoms with E-state index in [9.17, 15) is 4.79 Å². The Morgan fingerprint density at radius 2 is 2.19 bits per heavy atom. The van der Waals surface area contributed by atoms with Gasteiger partial charge in [0.05, 0.1) is 16.9 Å². The highest BCUT2D eigenvalue weighted by Crippen LogP contribution is 2.37. The maximum absolute atomic E-state index is 12.4. The molecule has 2 aromatic rings. The van der Waals surface area contributed by atoms with E-state index in [2.05, 4.69) is 27.3 Å². The summed E-state index contributed by atoms with van der Waals surface area (Å²) in [7, 11) is 0. The van der Waals surface area contributed by atoms with Crippen LogP contribution in [0.2, 0.25) is 0 Å². The van der Waals surface area contributed by atoms with Gasteiger partial charge in [-0.3, -0.25) is 4.79 Å². The van der Waals surface area contributed by atoms with Crippen molar-refractivity contribution >= 4 is 33.2 Å². The topological polar surface area (TPSA) is 83.8 Å². The third-order valence-corrected chi connectivity index (χ3v) is 3.89. The molecular formula is C15H13BrN4O. The van der Waals surface area contributed by atoms with E-state index in [1.54, 1.807) is 30.5 Å². The van der Waals surface area contributed by atoms with E-state index in [1.807, 2.05) is 4.57 Å². The fourth-order valence-corrected chi connectivity index (χ4v) is 2.60. The number of nitrogen functional groups attached to an aromatic ring is 1. The van der Waals surface area contributed by atoms with E-state index < -0.39 is 0 Å². The number of hydrogen-bond donors (Lipinski definition) is 2. The molecule has 3 rings (SSSR count). The highest BCUT2D eigenvalue weighted by molar-refractivity contribution is 9.10. The number of nitrogens with one attached hydrogen (secondary N) is 1. The first kappa shape index (κ1) is 13.7. The van der Waals surface area contributed by atoms with Gasteiger partial charge in [0.15, 0.2) is 0 Å². The Hall–Kier alpha value is -2.26. The molecule has 1 aromatic carbocycles. The summed E-state index contributed by atoms with van der Waals surface area (Å²) in [6.07, 6.45) is 3.92. The number of carbonyl (C=O) groups excluding carboxylic acids is 1. The summed E-state index contributed by atoms with van der Waals surface area (Å²) < 4.78 is 2.71. The monoisotopic (exact) mass is 344 g/mol. The number of aromatic nitrogens is 1. The summed E-state index contributed by atoms with van der Waals surface area (Å²) in [6, 6.07) is 9.26. The third-order valence-electron chi connectivity index (χ3n) is 3.39. The Kier molecular flexibility index (Phi) is 3.43. The lowest BCUT2D eigenvalue weighted by molar-refractivity contribution is 0.101. The predicted molar refractivity (Wildman–Crippen MR) is 83.9 cm³/mol. The Labute approximate surface area is 130 Å². The normalized spacial score (nSPS) is 13.7. The highest BCUT2D eigenvalue weighted by atomic mass is 79.9. The minimum absolute atomic E-state index is 0.252. The van der Waals surface area contributed by atoms with Crippen molar-refractivity contribution in [1.29, 1.82) is 5.26 Å². The SMILES string of the molecule is N#Cc1cc(Br)ccc1NC(=O)c1cc(N)cn1C1CC1. The lowest BCUT2D eigenvalue weighted by Gasteiger charge is -2.10. The van der Waals surface area contributed by atoms with Crippen LogP contribution >= 0.6 is 15.9 Å². The quantitative estimate of drug-likeness (QED) is 0.895. The van der Waals surface area contributed by atoms with E-state index in [0.29, 0.717) is 28.7 Å². The second kappa shape index (κ2) is 5.26. The molecule has 106 valence electrons. The number of anilines is 2. The second-order valence-corrected chi connectivity index (χ2v) is 5.97. The summed E-state index contributed by atoms with van der Waals surface area (Å²) in [4.78, 5) is 12.4. The molecule has 3 N–H and O–H groups in total. The van der Waals surface area contributed by atoms with E-state index in [1.165, 1.54) is 0 Å². The maximum Gasteiger partial charge on any atom is 0.272 e. The van der Waals surface area contributed by atoms with Crippen molar-refractivity contribution < 1.29 is 4.79 Å². The molecule has 6 heteroatoms. The fourth-order valence-electron chi connectivity index (χ4n) is 2.24. The second-order valence-electron chi connectivity index (χ2n) is 5.05. The van der Waals surface area contributed by atoms with Crippen LogP contribution in [0.5, 0.6) is 0 Å². The van der Waals surface area contributed by atoms with Gasteiger partial charge in [0.1, 0.15) is 11.8 Å². The Morgan fingerprint density at radius 1 is 1.43 bits per heavy atom. The number of halogens is 1. The molecule has 0 aliphatic heterocycles. The van der Waals surface area contributed by atoms with Crippen LogP contribution in [0.4, 0.5) is 11.4 Å². The maximum atomic E-state index is 12.4. The average molecular weight is 345 g/mol. The molecular weight excluding hydrogens is 332 g/mol. The standard InChI is InChI=1S/C15H13BrN4O/c16-10-1-4-13(9(5-10)7-17)19-15(21)14-6-11(18)8-20(14)12-2-3-12/h1,4-6,8,12H,2-3,18H2,(H,19,21). The smallest absolute Gasteiger partial charge is 0.272 e. The van der Waals surface area contributed by atoms with Crippen LogP contribution < -0.4 is 11.1 Å². The molecule has 0 radical (unpaired) electrons. The molecule has 1 heterocycles. The highest BCUT2D eigenvalue weighted by Gasteiger charge is 2.27. The average Bonchev–Trinajstić information content (AvgIpc) is 3.23. The van der Waals surface area contributed by atoms with Gasteiger partial charge in [-0.1, -0.05) is 15.9 Å². The first-order chi connectivity index (χ1) is 10.1. The Bertz CT molecular complexity index is 756. The Morgan fingerprint density at radius 3 is 2.86 bits per heavy atom. The minimum Gasteiger partial charge on any atom is -0.397 e. The van der Waals surface area contributed by atoms with Gasteiger partial charge in [0.2, 0.25) is 0 Å². The molecule has 1 aliphatic carbocycles. The number of carbonyl (C=O) groups is 1. The molecule has 21 heavy (non-hydrogen) atoms. The van der Waals surface area contributed by atoms with E-state index in [-0.39, 0.29) is 5.91 Å². The van der Waals surface area contributed by atoms with Crippen molar-refractivity contribution in [3.8, 4) is 6.07 Å². The summed E-state index contributed by atoms with van der Waals surface area (Å²) in [5, 5.41) is 11.9. The number of rotatable bonds is 3. The summed E-state index contributed by atoms with van der Waals surface area (Å²) in [5.41, 5.74) is 7.80. The van der Waals surface area contributed by atoms with Crippen molar-refractivity contribution in [1.82, 2.24) is 4.57 Å². The van der Waals surface area contributed by atoms with Crippen LogP contribution in [-0.4, -0.2) is 10.5 Å². The molecule has 1 aromatic heterocycles. The van der Waals surface area contributed by atoms with Crippen LogP contribution in [0.25, 0.3) is 0 Å². The van der Waals surface area contributed by atoms with Gasteiger partial charge in [0.25, 0.3) is 5.91 Å². The van der Waals surface area contributed by atoms with Gasteiger partial charge >= 0.3 is 0 Å². The molecule has 1 fully saturated rings. The van der Waals surface area contributed by atoms with E-state index in [0.717, 1.165) is 17.3 Å². The molecule has 1 amide bonds. The van der Waals surface area contributed by atoms with Gasteiger partial charge in [-0.2, -0.15) is 5.26 Å². The Balaban J connectivity index is 1.89. The van der Waals surface area contributed by atoms with Gasteiger partial charge in [-0.25, -0.2) is 0 Å². The zero-order valence-electron chi connectivity index (χ0n) is 11.1. The van der Waals surface area contributed by atoms with Gasteiger partial charge < -0.3 is 15.6 Å². The first-order valence-electron chi connectivity index (χ1n) is 6.57. The molecule has 0 saturated heterocycles. The largest absolute Gasteiger partial charge is 0.397 e. The summed E-state index contributed by atoms with van der Waals surface area (Å²) >= 11 is 3.31. The third kappa shape index (κ3) is 2.78. The number of amides is 1. The molecule has 0 bridgehead atoms. The van der Waals surface area contributed by atoms with Crippen LogP contribution in [0.1, 0.15) is 34.9 Å². The predicted octanol–water partition coefficient (Wildman–Crippen LogP) is 3.29. The van der Waals surface area contributed by atoms with Crippen LogP contribution in [-0.2, 0) is 0 Å². The van der Waals surface area contributed by atoms with Gasteiger partial charge in [-0.15, -0.1) is 0 Å². The number of hydrogen-bond acceptors (Lipinski definition) is 3. The molecule has 0 spiro atoms. The summed E-state index contributed by atoms with van der Waals surface area (Å²) in [6.45, 7) is 0. The number of nitriles is 1. The van der Waals surface area contributed by atoms with Crippen molar-refractivity contribution in [3.63, 3.8) is 0 Å². The molecule has 1 aliphatic rings. The number of nitrogens with two attached hydrogens (primary N) is 1. The molecule has 1 saturated carbocycles. The van der Waals surface area contributed by atoms with E-state index >= 15 is 0 Å². The lowest BCUT2D eigenvalue weighted by Crippen LogP contribution is -2.17. The van der Waals surface area contributed by atoms with Crippen molar-refractivity contribution in [2.24, 2.45) is 0 Å². The minimum atomic E-state index is -0.252. The molecule has 5 nitrogen and oxygen atoms in total. The summed E-state index contributed by atoms with van der Waals surface area (Å²) in [5.74, 6) is -0.252. The van der Waals surface area contributed by atoms with Crippen LogP contribution in [0, 0.1) is 11.3 Å². The molecule has 0 unspecified atom stereocenters. The van der Waals surface area contributed by atoms with Crippen molar-refractivity contribution in [2.75, 3.05) is 11.1 Å². The van der Waals surface area contributed by atoms with Gasteiger partial charge in [0, 0.05) is 16.7 Å². The molecule has 0 atom stereocenters. The van der Waals surface area contributed by atoms with Crippen LogP contribution in [0.15, 0.2) is 34.9 Å². The number of benzene rings is 1. The van der Waals surface area contributed by atoms with Crippen molar-refractivity contribution in [2.45, 2.75) is 18.9 Å². The number of nitrogens with zero attached hydrogens (tertiary/aromatic N) is 2. The fraction of sp³-hybridized carbons (Fsp3) is 0.200. The van der Waals surface area contributed by atoms with Crippen LogP contribution in [0.3, 0.4) is 0 Å².